The second-order valence-corrected chi connectivity index (χ2v) is 4.55. The lowest BCUT2D eigenvalue weighted by atomic mass is 10.1. The molecule has 0 saturated carbocycles. The second-order valence-electron chi connectivity index (χ2n) is 4.55. The van der Waals surface area contributed by atoms with E-state index in [0.29, 0.717) is 5.56 Å². The minimum absolute atomic E-state index is 0.0891. The van der Waals surface area contributed by atoms with E-state index < -0.39 is 23.7 Å². The van der Waals surface area contributed by atoms with Gasteiger partial charge in [0.15, 0.2) is 6.04 Å². The fraction of sp³-hybridized carbons (Fsp3) is 0.125. The summed E-state index contributed by atoms with van der Waals surface area (Å²) in [5, 5.41) is 11.6. The average Bonchev–Trinajstić information content (AvgIpc) is 2.47. The Labute approximate surface area is 121 Å². The van der Waals surface area contributed by atoms with Gasteiger partial charge in [-0.25, -0.2) is 9.18 Å². The van der Waals surface area contributed by atoms with Crippen LogP contribution in [0.5, 0.6) is 0 Å². The van der Waals surface area contributed by atoms with Crippen molar-refractivity contribution < 1.29 is 19.1 Å². The predicted octanol–water partition coefficient (Wildman–Crippen LogP) is 2.31. The Hall–Kier alpha value is -2.69. The zero-order valence-corrected chi connectivity index (χ0v) is 11.1. The number of benzene rings is 2. The molecule has 0 aromatic heterocycles. The van der Waals surface area contributed by atoms with E-state index in [-0.39, 0.29) is 6.42 Å². The molecule has 21 heavy (non-hydrogen) atoms. The molecule has 0 aliphatic carbocycles. The predicted molar refractivity (Wildman–Crippen MR) is 75.1 cm³/mol. The summed E-state index contributed by atoms with van der Waals surface area (Å²) in [6.07, 6.45) is 0.0891. The van der Waals surface area contributed by atoms with E-state index in [1.807, 2.05) is 6.07 Å². The third-order valence-electron chi connectivity index (χ3n) is 2.96. The minimum atomic E-state index is -1.19. The molecule has 2 aromatic rings. The molecule has 0 fully saturated rings. The molecule has 2 N–H and O–H groups in total. The first-order chi connectivity index (χ1) is 10.1. The first-order valence-electron chi connectivity index (χ1n) is 6.38. The molecule has 108 valence electrons. The minimum Gasteiger partial charge on any atom is -0.479 e. The molecule has 2 rings (SSSR count). The van der Waals surface area contributed by atoms with E-state index in [0.717, 1.165) is 17.7 Å². The van der Waals surface area contributed by atoms with Crippen molar-refractivity contribution in [1.82, 2.24) is 5.32 Å². The average molecular weight is 287 g/mol. The van der Waals surface area contributed by atoms with Crippen LogP contribution in [0.2, 0.25) is 0 Å². The number of carboxylic acid groups (broad SMARTS) is 1. The zero-order chi connectivity index (χ0) is 15.2. The summed E-state index contributed by atoms with van der Waals surface area (Å²) >= 11 is 0. The molecular formula is C16H14FNO3. The summed E-state index contributed by atoms with van der Waals surface area (Å²) in [5.41, 5.74) is 1.11. The number of nitrogens with one attached hydrogen (secondary N) is 1. The van der Waals surface area contributed by atoms with Gasteiger partial charge in [0.1, 0.15) is 5.82 Å². The summed E-state index contributed by atoms with van der Waals surface area (Å²) in [4.78, 5) is 23.2. The van der Waals surface area contributed by atoms with Crippen molar-refractivity contribution in [3.05, 3.63) is 71.5 Å². The van der Waals surface area contributed by atoms with Crippen molar-refractivity contribution in [2.45, 2.75) is 12.5 Å². The van der Waals surface area contributed by atoms with Crippen LogP contribution in [-0.4, -0.2) is 17.0 Å². The Bertz CT molecular complexity index is 626. The van der Waals surface area contributed by atoms with E-state index >= 15 is 0 Å². The van der Waals surface area contributed by atoms with Gasteiger partial charge in [0.05, 0.1) is 6.42 Å². The molecular weight excluding hydrogens is 273 g/mol. The van der Waals surface area contributed by atoms with Crippen molar-refractivity contribution in [2.75, 3.05) is 0 Å². The molecule has 0 heterocycles. The van der Waals surface area contributed by atoms with Crippen LogP contribution in [0.4, 0.5) is 4.39 Å². The normalized spacial score (nSPS) is 11.7. The number of hydrogen-bond acceptors (Lipinski definition) is 2. The highest BCUT2D eigenvalue weighted by Gasteiger charge is 2.22. The standard InChI is InChI=1S/C16H14FNO3/c17-13-8-6-12(7-9-13)15(16(20)21)18-14(19)10-11-4-2-1-3-5-11/h1-9,15H,10H2,(H,18,19)(H,20,21)/t15-/m1/s1. The monoisotopic (exact) mass is 287 g/mol. The fourth-order valence-electron chi connectivity index (χ4n) is 1.94. The quantitative estimate of drug-likeness (QED) is 0.887. The summed E-state index contributed by atoms with van der Waals surface area (Å²) < 4.78 is 12.9. The fourth-order valence-corrected chi connectivity index (χ4v) is 1.94. The highest BCUT2D eigenvalue weighted by atomic mass is 19.1. The Kier molecular flexibility index (Phi) is 4.66. The zero-order valence-electron chi connectivity index (χ0n) is 11.1. The molecule has 4 nitrogen and oxygen atoms in total. The SMILES string of the molecule is O=C(Cc1ccccc1)N[C@@H](C(=O)O)c1ccc(F)cc1. The van der Waals surface area contributed by atoms with Gasteiger partial charge in [-0.2, -0.15) is 0 Å². The molecule has 0 aliphatic rings. The molecule has 0 unspecified atom stereocenters. The molecule has 1 amide bonds. The Morgan fingerprint density at radius 2 is 1.67 bits per heavy atom. The van der Waals surface area contributed by atoms with Crippen molar-refractivity contribution in [3.8, 4) is 0 Å². The van der Waals surface area contributed by atoms with Crippen LogP contribution in [0.15, 0.2) is 54.6 Å². The molecule has 0 saturated heterocycles. The smallest absolute Gasteiger partial charge is 0.330 e. The van der Waals surface area contributed by atoms with Gasteiger partial charge in [-0.15, -0.1) is 0 Å². The summed E-state index contributed by atoms with van der Waals surface area (Å²) in [5.74, 6) is -2.06. The van der Waals surface area contributed by atoms with Gasteiger partial charge in [0.2, 0.25) is 5.91 Å². The van der Waals surface area contributed by atoms with Gasteiger partial charge in [-0.3, -0.25) is 4.79 Å². The number of halogens is 1. The molecule has 0 aliphatic heterocycles. The van der Waals surface area contributed by atoms with Gasteiger partial charge in [0.25, 0.3) is 0 Å². The number of carboxylic acids is 1. The Morgan fingerprint density at radius 1 is 1.05 bits per heavy atom. The number of aliphatic carboxylic acids is 1. The van der Waals surface area contributed by atoms with E-state index in [4.69, 9.17) is 0 Å². The topological polar surface area (TPSA) is 66.4 Å². The van der Waals surface area contributed by atoms with E-state index in [2.05, 4.69) is 5.32 Å². The van der Waals surface area contributed by atoms with Crippen LogP contribution in [0.25, 0.3) is 0 Å². The molecule has 0 spiro atoms. The van der Waals surface area contributed by atoms with Crippen molar-refractivity contribution >= 4 is 11.9 Å². The molecule has 1 atom stereocenters. The van der Waals surface area contributed by atoms with Crippen molar-refractivity contribution in [3.63, 3.8) is 0 Å². The number of carbonyl (C=O) groups is 2. The van der Waals surface area contributed by atoms with Crippen LogP contribution in [0.3, 0.4) is 0 Å². The molecule has 5 heteroatoms. The molecule has 0 radical (unpaired) electrons. The van der Waals surface area contributed by atoms with Crippen molar-refractivity contribution in [1.29, 1.82) is 0 Å². The lowest BCUT2D eigenvalue weighted by molar-refractivity contribution is -0.141. The Morgan fingerprint density at radius 3 is 2.24 bits per heavy atom. The van der Waals surface area contributed by atoms with E-state index in [1.54, 1.807) is 24.3 Å². The number of hydrogen-bond donors (Lipinski definition) is 2. The summed E-state index contributed by atoms with van der Waals surface area (Å²) in [7, 11) is 0. The molecule has 2 aromatic carbocycles. The summed E-state index contributed by atoms with van der Waals surface area (Å²) in [6, 6.07) is 12.8. The Balaban J connectivity index is 2.08. The van der Waals surface area contributed by atoms with Gasteiger partial charge >= 0.3 is 5.97 Å². The van der Waals surface area contributed by atoms with Crippen molar-refractivity contribution in [2.24, 2.45) is 0 Å². The first kappa shape index (κ1) is 14.7. The lowest BCUT2D eigenvalue weighted by Gasteiger charge is -2.15. The highest BCUT2D eigenvalue weighted by Crippen LogP contribution is 2.14. The van der Waals surface area contributed by atoms with Crippen LogP contribution in [0, 0.1) is 5.82 Å². The third kappa shape index (κ3) is 4.14. The van der Waals surface area contributed by atoms with Crippen LogP contribution < -0.4 is 5.32 Å². The highest BCUT2D eigenvalue weighted by molar-refractivity contribution is 5.85. The number of amides is 1. The maximum Gasteiger partial charge on any atom is 0.330 e. The second kappa shape index (κ2) is 6.65. The number of rotatable bonds is 5. The first-order valence-corrected chi connectivity index (χ1v) is 6.38. The van der Waals surface area contributed by atoms with E-state index in [9.17, 15) is 19.1 Å². The maximum absolute atomic E-state index is 12.9. The van der Waals surface area contributed by atoms with Gasteiger partial charge < -0.3 is 10.4 Å². The van der Waals surface area contributed by atoms with Crippen LogP contribution >= 0.6 is 0 Å². The maximum atomic E-state index is 12.9. The number of carbonyl (C=O) groups excluding carboxylic acids is 1. The molecule has 0 bridgehead atoms. The van der Waals surface area contributed by atoms with Gasteiger partial charge in [0, 0.05) is 0 Å². The largest absolute Gasteiger partial charge is 0.479 e. The lowest BCUT2D eigenvalue weighted by Crippen LogP contribution is -2.34. The van der Waals surface area contributed by atoms with Crippen LogP contribution in [0.1, 0.15) is 17.2 Å². The van der Waals surface area contributed by atoms with Gasteiger partial charge in [-0.1, -0.05) is 42.5 Å². The van der Waals surface area contributed by atoms with Crippen LogP contribution in [-0.2, 0) is 16.0 Å². The third-order valence-corrected chi connectivity index (χ3v) is 2.96. The summed E-state index contributed by atoms with van der Waals surface area (Å²) in [6.45, 7) is 0. The van der Waals surface area contributed by atoms with E-state index in [1.165, 1.54) is 12.1 Å². The van der Waals surface area contributed by atoms with Gasteiger partial charge in [-0.05, 0) is 23.3 Å².